The van der Waals surface area contributed by atoms with Crippen molar-refractivity contribution in [1.29, 1.82) is 0 Å². The molecule has 0 radical (unpaired) electrons. The minimum atomic E-state index is 0.0243. The highest BCUT2D eigenvalue weighted by Crippen LogP contribution is 2.21. The molecule has 1 amide bonds. The number of ether oxygens (including phenoxy) is 1. The number of methoxy groups -OCH3 is 1. The van der Waals surface area contributed by atoms with E-state index >= 15 is 0 Å². The van der Waals surface area contributed by atoms with Gasteiger partial charge >= 0.3 is 0 Å². The Morgan fingerprint density at radius 3 is 2.92 bits per heavy atom. The Balaban J connectivity index is 1.64. The number of fused-ring (bicyclic) bond motifs is 1. The van der Waals surface area contributed by atoms with Crippen LogP contribution in [-0.2, 0) is 28.9 Å². The third kappa shape index (κ3) is 3.86. The van der Waals surface area contributed by atoms with Gasteiger partial charge in [-0.25, -0.2) is 0 Å². The highest BCUT2D eigenvalue weighted by Gasteiger charge is 2.11. The van der Waals surface area contributed by atoms with E-state index in [1.54, 1.807) is 13.4 Å². The van der Waals surface area contributed by atoms with Crippen LogP contribution >= 0.6 is 0 Å². The minimum absolute atomic E-state index is 0.0243. The third-order valence-corrected chi connectivity index (χ3v) is 4.03. The molecule has 3 aromatic rings. The van der Waals surface area contributed by atoms with E-state index in [4.69, 9.17) is 9.15 Å². The summed E-state index contributed by atoms with van der Waals surface area (Å²) < 4.78 is 12.6. The Hall–Kier alpha value is -2.53. The Morgan fingerprint density at radius 2 is 2.12 bits per heavy atom. The standard InChI is InChI=1S/C19H22N2O3/c1-23-12-10-21-14-15(17-6-2-3-7-18(17)21)13-19(22)20-9-8-16-5-4-11-24-16/h2-7,11,14H,8-10,12-13H2,1H3,(H,20,22). The number of furan rings is 1. The van der Waals surface area contributed by atoms with Crippen LogP contribution in [0.2, 0.25) is 0 Å². The van der Waals surface area contributed by atoms with E-state index < -0.39 is 0 Å². The number of amides is 1. The number of hydrogen-bond donors (Lipinski definition) is 1. The van der Waals surface area contributed by atoms with Gasteiger partial charge in [0.25, 0.3) is 0 Å². The van der Waals surface area contributed by atoms with Crippen LogP contribution in [-0.4, -0.2) is 30.7 Å². The summed E-state index contributed by atoms with van der Waals surface area (Å²) in [6.07, 6.45) is 4.77. The van der Waals surface area contributed by atoms with Crippen molar-refractivity contribution in [2.75, 3.05) is 20.3 Å². The Kier molecular flexibility index (Phi) is 5.33. The monoisotopic (exact) mass is 326 g/mol. The van der Waals surface area contributed by atoms with Crippen LogP contribution in [0.5, 0.6) is 0 Å². The van der Waals surface area contributed by atoms with Gasteiger partial charge in [0.1, 0.15) is 5.76 Å². The van der Waals surface area contributed by atoms with Crippen LogP contribution in [0.15, 0.2) is 53.3 Å². The van der Waals surface area contributed by atoms with Crippen molar-refractivity contribution >= 4 is 16.8 Å². The number of rotatable bonds is 8. The first-order chi connectivity index (χ1) is 11.8. The molecule has 0 aliphatic heterocycles. The summed E-state index contributed by atoms with van der Waals surface area (Å²) in [5.41, 5.74) is 2.17. The molecule has 2 aromatic heterocycles. The number of aromatic nitrogens is 1. The Morgan fingerprint density at radius 1 is 1.25 bits per heavy atom. The molecule has 0 aliphatic carbocycles. The van der Waals surface area contributed by atoms with E-state index in [9.17, 15) is 4.79 Å². The topological polar surface area (TPSA) is 56.4 Å². The minimum Gasteiger partial charge on any atom is -0.469 e. The van der Waals surface area contributed by atoms with E-state index in [1.165, 1.54) is 0 Å². The molecule has 0 atom stereocenters. The summed E-state index contributed by atoms with van der Waals surface area (Å²) in [4.78, 5) is 12.2. The molecule has 0 saturated heterocycles. The molecule has 5 nitrogen and oxygen atoms in total. The van der Waals surface area contributed by atoms with Crippen LogP contribution in [0.1, 0.15) is 11.3 Å². The molecule has 0 unspecified atom stereocenters. The number of benzene rings is 1. The lowest BCUT2D eigenvalue weighted by atomic mass is 10.1. The molecule has 2 heterocycles. The smallest absolute Gasteiger partial charge is 0.224 e. The average Bonchev–Trinajstić information content (AvgIpc) is 3.22. The van der Waals surface area contributed by atoms with E-state index in [0.29, 0.717) is 26.0 Å². The molecule has 0 spiro atoms. The fraction of sp³-hybridized carbons (Fsp3) is 0.316. The molecule has 0 fully saturated rings. The van der Waals surface area contributed by atoms with Gasteiger partial charge in [-0.1, -0.05) is 18.2 Å². The highest BCUT2D eigenvalue weighted by atomic mass is 16.5. The lowest BCUT2D eigenvalue weighted by Crippen LogP contribution is -2.27. The molecule has 1 N–H and O–H groups in total. The zero-order chi connectivity index (χ0) is 16.8. The van der Waals surface area contributed by atoms with Crippen molar-refractivity contribution in [3.05, 3.63) is 60.2 Å². The van der Waals surface area contributed by atoms with Crippen molar-refractivity contribution in [2.24, 2.45) is 0 Å². The number of nitrogens with zero attached hydrogens (tertiary/aromatic N) is 1. The van der Waals surface area contributed by atoms with E-state index in [1.807, 2.05) is 24.3 Å². The summed E-state index contributed by atoms with van der Waals surface area (Å²) in [7, 11) is 1.69. The second kappa shape index (κ2) is 7.84. The predicted octanol–water partition coefficient (Wildman–Crippen LogP) is 2.78. The van der Waals surface area contributed by atoms with E-state index in [-0.39, 0.29) is 5.91 Å². The zero-order valence-electron chi connectivity index (χ0n) is 13.8. The van der Waals surface area contributed by atoms with Gasteiger partial charge in [0, 0.05) is 43.7 Å². The maximum atomic E-state index is 12.2. The maximum absolute atomic E-state index is 12.2. The summed E-state index contributed by atoms with van der Waals surface area (Å²) in [5.74, 6) is 0.905. The van der Waals surface area contributed by atoms with Crippen molar-refractivity contribution in [3.8, 4) is 0 Å². The van der Waals surface area contributed by atoms with Crippen LogP contribution in [0.3, 0.4) is 0 Å². The number of para-hydroxylation sites is 1. The lowest BCUT2D eigenvalue weighted by Gasteiger charge is -2.03. The van der Waals surface area contributed by atoms with Gasteiger partial charge < -0.3 is 19.0 Å². The lowest BCUT2D eigenvalue weighted by molar-refractivity contribution is -0.120. The van der Waals surface area contributed by atoms with Crippen LogP contribution < -0.4 is 5.32 Å². The highest BCUT2D eigenvalue weighted by molar-refractivity contribution is 5.89. The first kappa shape index (κ1) is 16.3. The zero-order valence-corrected chi connectivity index (χ0v) is 13.8. The summed E-state index contributed by atoms with van der Waals surface area (Å²) in [5, 5.41) is 4.07. The Bertz CT molecular complexity index is 790. The van der Waals surface area contributed by atoms with Crippen LogP contribution in [0.4, 0.5) is 0 Å². The molecular formula is C19H22N2O3. The van der Waals surface area contributed by atoms with Gasteiger partial charge in [-0.3, -0.25) is 4.79 Å². The first-order valence-corrected chi connectivity index (χ1v) is 8.12. The molecule has 5 heteroatoms. The molecule has 126 valence electrons. The maximum Gasteiger partial charge on any atom is 0.224 e. The SMILES string of the molecule is COCCn1cc(CC(=O)NCCc2ccco2)c2ccccc21. The predicted molar refractivity (Wildman–Crippen MR) is 92.9 cm³/mol. The van der Waals surface area contributed by atoms with Crippen molar-refractivity contribution in [1.82, 2.24) is 9.88 Å². The number of carbonyl (C=O) groups is 1. The fourth-order valence-corrected chi connectivity index (χ4v) is 2.85. The van der Waals surface area contributed by atoms with Gasteiger partial charge in [-0.15, -0.1) is 0 Å². The molecule has 0 bridgehead atoms. The first-order valence-electron chi connectivity index (χ1n) is 8.12. The third-order valence-electron chi connectivity index (χ3n) is 4.03. The van der Waals surface area contributed by atoms with Gasteiger partial charge in [0.15, 0.2) is 0 Å². The number of hydrogen-bond acceptors (Lipinski definition) is 3. The fourth-order valence-electron chi connectivity index (χ4n) is 2.85. The molecule has 0 saturated carbocycles. The van der Waals surface area contributed by atoms with E-state index in [0.717, 1.165) is 28.8 Å². The number of nitrogens with one attached hydrogen (secondary N) is 1. The van der Waals surface area contributed by atoms with Crippen LogP contribution in [0.25, 0.3) is 10.9 Å². The second-order valence-corrected chi connectivity index (χ2v) is 5.71. The van der Waals surface area contributed by atoms with Crippen molar-refractivity contribution in [2.45, 2.75) is 19.4 Å². The molecule has 3 rings (SSSR count). The van der Waals surface area contributed by atoms with Crippen molar-refractivity contribution < 1.29 is 13.9 Å². The quantitative estimate of drug-likeness (QED) is 0.692. The molecular weight excluding hydrogens is 304 g/mol. The summed E-state index contributed by atoms with van der Waals surface area (Å²) in [6, 6.07) is 11.9. The van der Waals surface area contributed by atoms with Crippen LogP contribution in [0, 0.1) is 0 Å². The Labute approximate surface area is 141 Å². The average molecular weight is 326 g/mol. The molecule has 0 aliphatic rings. The number of carbonyl (C=O) groups excluding carboxylic acids is 1. The molecule has 24 heavy (non-hydrogen) atoms. The van der Waals surface area contributed by atoms with E-state index in [2.05, 4.69) is 28.2 Å². The second-order valence-electron chi connectivity index (χ2n) is 5.71. The summed E-state index contributed by atoms with van der Waals surface area (Å²) in [6.45, 7) is 2.00. The molecule has 1 aromatic carbocycles. The largest absolute Gasteiger partial charge is 0.469 e. The van der Waals surface area contributed by atoms with Gasteiger partial charge in [0.05, 0.1) is 19.3 Å². The normalized spacial score (nSPS) is 11.0. The van der Waals surface area contributed by atoms with Gasteiger partial charge in [-0.2, -0.15) is 0 Å². The van der Waals surface area contributed by atoms with Crippen molar-refractivity contribution in [3.63, 3.8) is 0 Å². The summed E-state index contributed by atoms with van der Waals surface area (Å²) >= 11 is 0. The van der Waals surface area contributed by atoms with Gasteiger partial charge in [-0.05, 0) is 23.8 Å². The van der Waals surface area contributed by atoms with Gasteiger partial charge in [0.2, 0.25) is 5.91 Å².